The summed E-state index contributed by atoms with van der Waals surface area (Å²) in [5.74, 6) is 0.769. The SMILES string of the molecule is C=CCN1CC[C@]23c4c5ccc(O)c4O[C@@]2(C)C(=O)CCC3(OCCC)[C@H]1C5. The molecule has 2 heterocycles. The van der Waals surface area contributed by atoms with Gasteiger partial charge in [-0.15, -0.1) is 6.58 Å². The van der Waals surface area contributed by atoms with E-state index in [1.807, 2.05) is 19.1 Å². The van der Waals surface area contributed by atoms with Gasteiger partial charge in [0.05, 0.1) is 11.0 Å². The van der Waals surface area contributed by atoms with Gasteiger partial charge in [0, 0.05) is 37.7 Å². The molecule has 2 aliphatic carbocycles. The van der Waals surface area contributed by atoms with Crippen LogP contribution in [0.25, 0.3) is 0 Å². The summed E-state index contributed by atoms with van der Waals surface area (Å²) in [5, 5.41) is 10.6. The molecule has 2 aliphatic heterocycles. The molecule has 150 valence electrons. The number of Topliss-reactive ketones (excluding diaryl/α,β-unsaturated/α-hetero) is 1. The Balaban J connectivity index is 1.82. The van der Waals surface area contributed by atoms with Crippen molar-refractivity contribution in [1.82, 2.24) is 4.90 Å². The molecule has 2 bridgehead atoms. The number of ketones is 1. The number of likely N-dealkylation sites (tertiary alicyclic amines) is 1. The number of carbonyl (C=O) groups is 1. The fraction of sp³-hybridized carbons (Fsp3) is 0.609. The number of nitrogens with zero attached hydrogens (tertiary/aromatic N) is 1. The maximum atomic E-state index is 13.3. The van der Waals surface area contributed by atoms with E-state index in [2.05, 4.69) is 18.4 Å². The average Bonchev–Trinajstić information content (AvgIpc) is 2.96. The standard InChI is InChI=1S/C23H29NO4/c1-4-11-24-12-10-22-19-15-6-7-16(25)20(19)28-21(22,3)18(26)8-9-23(22,17(24)14-15)27-13-5-2/h4,6-7,17,25H,1,5,8-14H2,2-3H3/t17-,21+,22+,23?/m1/s1. The largest absolute Gasteiger partial charge is 0.504 e. The Morgan fingerprint density at radius 3 is 3.00 bits per heavy atom. The van der Waals surface area contributed by atoms with Gasteiger partial charge in [-0.1, -0.05) is 19.1 Å². The van der Waals surface area contributed by atoms with Crippen LogP contribution in [0.1, 0.15) is 50.7 Å². The highest BCUT2D eigenvalue weighted by Crippen LogP contribution is 2.69. The molecule has 5 rings (SSSR count). The summed E-state index contributed by atoms with van der Waals surface area (Å²) in [6.45, 7) is 10.4. The van der Waals surface area contributed by atoms with Gasteiger partial charge in [0.1, 0.15) is 0 Å². The van der Waals surface area contributed by atoms with E-state index < -0.39 is 16.6 Å². The zero-order valence-corrected chi connectivity index (χ0v) is 16.8. The fourth-order valence-corrected chi connectivity index (χ4v) is 6.80. The van der Waals surface area contributed by atoms with Crippen molar-refractivity contribution in [3.05, 3.63) is 35.9 Å². The minimum Gasteiger partial charge on any atom is -0.504 e. The summed E-state index contributed by atoms with van der Waals surface area (Å²) in [5.41, 5.74) is 0.191. The van der Waals surface area contributed by atoms with Crippen molar-refractivity contribution in [3.63, 3.8) is 0 Å². The zero-order valence-electron chi connectivity index (χ0n) is 16.8. The van der Waals surface area contributed by atoms with Gasteiger partial charge in [-0.05, 0) is 44.2 Å². The summed E-state index contributed by atoms with van der Waals surface area (Å²) >= 11 is 0. The van der Waals surface area contributed by atoms with E-state index in [1.165, 1.54) is 5.56 Å². The third-order valence-corrected chi connectivity index (χ3v) is 7.84. The van der Waals surface area contributed by atoms with Gasteiger partial charge in [-0.3, -0.25) is 9.69 Å². The highest BCUT2D eigenvalue weighted by molar-refractivity contribution is 5.94. The monoisotopic (exact) mass is 383 g/mol. The molecule has 5 heteroatoms. The Morgan fingerprint density at radius 2 is 2.25 bits per heavy atom. The highest BCUT2D eigenvalue weighted by atomic mass is 16.5. The molecule has 1 spiro atoms. The van der Waals surface area contributed by atoms with Crippen LogP contribution in [0, 0.1) is 0 Å². The first-order valence-corrected chi connectivity index (χ1v) is 10.5. The Kier molecular flexibility index (Phi) is 3.79. The third kappa shape index (κ3) is 1.83. The van der Waals surface area contributed by atoms with E-state index in [1.54, 1.807) is 6.07 Å². The number of phenolic OH excluding ortho intramolecular Hbond substituents is 1. The van der Waals surface area contributed by atoms with Gasteiger partial charge >= 0.3 is 0 Å². The number of carbonyl (C=O) groups excluding carboxylic acids is 1. The zero-order chi connectivity index (χ0) is 19.7. The van der Waals surface area contributed by atoms with Gasteiger partial charge < -0.3 is 14.6 Å². The van der Waals surface area contributed by atoms with Crippen molar-refractivity contribution in [2.75, 3.05) is 19.7 Å². The molecule has 0 aromatic heterocycles. The Hall–Kier alpha value is -1.85. The molecule has 2 fully saturated rings. The first-order valence-electron chi connectivity index (χ1n) is 10.5. The molecule has 1 unspecified atom stereocenters. The van der Waals surface area contributed by atoms with E-state index in [4.69, 9.17) is 9.47 Å². The fourth-order valence-electron chi connectivity index (χ4n) is 6.80. The molecule has 4 atom stereocenters. The second-order valence-corrected chi connectivity index (χ2v) is 8.90. The summed E-state index contributed by atoms with van der Waals surface area (Å²) in [6.07, 6.45) is 5.67. The normalized spacial score (nSPS) is 38.1. The van der Waals surface area contributed by atoms with E-state index >= 15 is 0 Å². The van der Waals surface area contributed by atoms with Gasteiger partial charge in [0.25, 0.3) is 0 Å². The molecule has 0 radical (unpaired) electrons. The second kappa shape index (κ2) is 5.83. The van der Waals surface area contributed by atoms with Crippen molar-refractivity contribution < 1.29 is 19.4 Å². The molecule has 4 aliphatic rings. The molecule has 1 saturated carbocycles. The number of rotatable bonds is 5. The summed E-state index contributed by atoms with van der Waals surface area (Å²) in [4.78, 5) is 15.8. The van der Waals surface area contributed by atoms with E-state index in [9.17, 15) is 9.90 Å². The van der Waals surface area contributed by atoms with Gasteiger partial charge in [0.15, 0.2) is 22.9 Å². The third-order valence-electron chi connectivity index (χ3n) is 7.84. The van der Waals surface area contributed by atoms with Crippen LogP contribution in [0.4, 0.5) is 0 Å². The average molecular weight is 383 g/mol. The molecule has 1 saturated heterocycles. The molecular weight excluding hydrogens is 354 g/mol. The lowest BCUT2D eigenvalue weighted by atomic mass is 9.45. The lowest BCUT2D eigenvalue weighted by molar-refractivity contribution is -0.229. The second-order valence-electron chi connectivity index (χ2n) is 8.90. The van der Waals surface area contributed by atoms with Crippen LogP contribution >= 0.6 is 0 Å². The van der Waals surface area contributed by atoms with Crippen molar-refractivity contribution in [3.8, 4) is 11.5 Å². The maximum Gasteiger partial charge on any atom is 0.177 e. The molecular formula is C23H29NO4. The molecule has 1 aromatic carbocycles. The molecule has 1 aromatic rings. The number of hydrogen-bond acceptors (Lipinski definition) is 5. The first kappa shape index (κ1) is 18.2. The quantitative estimate of drug-likeness (QED) is 0.792. The Labute approximate surface area is 166 Å². The maximum absolute atomic E-state index is 13.3. The number of ether oxygens (including phenoxy) is 2. The van der Waals surface area contributed by atoms with Crippen LogP contribution in [0.5, 0.6) is 11.5 Å². The van der Waals surface area contributed by atoms with Crippen molar-refractivity contribution in [2.24, 2.45) is 0 Å². The molecule has 5 nitrogen and oxygen atoms in total. The summed E-state index contributed by atoms with van der Waals surface area (Å²) in [6, 6.07) is 3.90. The van der Waals surface area contributed by atoms with Gasteiger partial charge in [-0.2, -0.15) is 0 Å². The molecule has 0 amide bonds. The van der Waals surface area contributed by atoms with Crippen LogP contribution in [-0.2, 0) is 21.4 Å². The summed E-state index contributed by atoms with van der Waals surface area (Å²) < 4.78 is 13.2. The number of hydrogen-bond donors (Lipinski definition) is 1. The van der Waals surface area contributed by atoms with E-state index in [0.717, 1.165) is 37.9 Å². The lowest BCUT2D eigenvalue weighted by Crippen LogP contribution is -2.80. The Bertz CT molecular complexity index is 866. The van der Waals surface area contributed by atoms with Gasteiger partial charge in [0.2, 0.25) is 0 Å². The van der Waals surface area contributed by atoms with Crippen LogP contribution in [-0.4, -0.2) is 52.7 Å². The van der Waals surface area contributed by atoms with E-state index in [0.29, 0.717) is 25.2 Å². The van der Waals surface area contributed by atoms with E-state index in [-0.39, 0.29) is 17.6 Å². The topological polar surface area (TPSA) is 59.0 Å². The van der Waals surface area contributed by atoms with Crippen LogP contribution in [0.15, 0.2) is 24.8 Å². The predicted octanol–water partition coefficient (Wildman–Crippen LogP) is 3.13. The van der Waals surface area contributed by atoms with Crippen molar-refractivity contribution in [2.45, 2.75) is 68.6 Å². The van der Waals surface area contributed by atoms with Crippen LogP contribution < -0.4 is 4.74 Å². The Morgan fingerprint density at radius 1 is 1.43 bits per heavy atom. The number of phenols is 1. The summed E-state index contributed by atoms with van der Waals surface area (Å²) in [7, 11) is 0. The smallest absolute Gasteiger partial charge is 0.177 e. The molecule has 28 heavy (non-hydrogen) atoms. The van der Waals surface area contributed by atoms with Gasteiger partial charge in [-0.25, -0.2) is 0 Å². The number of piperidine rings is 1. The van der Waals surface area contributed by atoms with Crippen molar-refractivity contribution >= 4 is 5.78 Å². The predicted molar refractivity (Wildman–Crippen MR) is 106 cm³/mol. The highest BCUT2D eigenvalue weighted by Gasteiger charge is 2.78. The number of aromatic hydroxyl groups is 1. The first-order chi connectivity index (χ1) is 13.4. The minimum absolute atomic E-state index is 0.127. The van der Waals surface area contributed by atoms with Crippen molar-refractivity contribution in [1.29, 1.82) is 0 Å². The van der Waals surface area contributed by atoms with Crippen LogP contribution in [0.2, 0.25) is 0 Å². The molecule has 1 N–H and O–H groups in total. The minimum atomic E-state index is -0.992. The van der Waals surface area contributed by atoms with Crippen LogP contribution in [0.3, 0.4) is 0 Å². The lowest BCUT2D eigenvalue weighted by Gasteiger charge is -2.66. The number of benzene rings is 1.